The monoisotopic (exact) mass is 1050 g/mol. The molecule has 0 unspecified atom stereocenters. The first-order chi connectivity index (χ1) is 28.2. The van der Waals surface area contributed by atoms with Crippen LogP contribution in [0.3, 0.4) is 0 Å². The van der Waals surface area contributed by atoms with Gasteiger partial charge in [-0.05, 0) is 111 Å². The van der Waals surface area contributed by atoms with Crippen LogP contribution in [0.4, 0.5) is 26.3 Å². The number of aliphatic hydroxyl groups is 1. The molecule has 61 heavy (non-hydrogen) atoms. The van der Waals surface area contributed by atoms with E-state index in [0.29, 0.717) is 12.8 Å². The average molecular weight is 1050 g/mol. The Morgan fingerprint density at radius 2 is 1.43 bits per heavy atom. The molecule has 1 saturated carbocycles. The minimum absolute atomic E-state index is 0. The number of aryl methyl sites for hydroxylation is 1. The van der Waals surface area contributed by atoms with Crippen LogP contribution >= 0.6 is 11.3 Å². The number of allylic oxidation sites excluding steroid dienone is 2. The Morgan fingerprint density at radius 1 is 0.836 bits per heavy atom. The first-order valence-electron chi connectivity index (χ1n) is 21.6. The number of fused-ring (bicyclic) bond motifs is 4. The van der Waals surface area contributed by atoms with Gasteiger partial charge in [0, 0.05) is 64.7 Å². The van der Waals surface area contributed by atoms with Gasteiger partial charge in [0.2, 0.25) is 0 Å². The van der Waals surface area contributed by atoms with Crippen LogP contribution < -0.4 is 0 Å². The summed E-state index contributed by atoms with van der Waals surface area (Å²) in [6.07, 6.45) is -1.90. The van der Waals surface area contributed by atoms with Crippen molar-refractivity contribution in [1.82, 2.24) is 4.98 Å². The van der Waals surface area contributed by atoms with Gasteiger partial charge in [0.25, 0.3) is 0 Å². The number of hydrogen-bond donors (Lipinski definition) is 1. The van der Waals surface area contributed by atoms with E-state index in [1.165, 1.54) is 32.9 Å². The molecule has 1 fully saturated rings. The molecule has 1 aliphatic carbocycles. The number of alkyl halides is 6. The Bertz CT molecular complexity index is 2260. The molecule has 0 aliphatic heterocycles. The number of halogens is 6. The van der Waals surface area contributed by atoms with Crippen LogP contribution in [0.15, 0.2) is 66.6 Å². The second-order valence-electron chi connectivity index (χ2n) is 17.6. The molecule has 1 radical (unpaired) electrons. The SMILES string of the molecule is CCC(CC)C(=O)/C=C(\O)C(CC)CC.Cc1c(C2CCC(CCC(C(F)(F)F)C(F)(F)F)CC2)ccc2c1sc1c(-c3[c-]c4ccccc4c(C(C)(C)C)c3)nccc12.[Ir]. The first-order valence-corrected chi connectivity index (χ1v) is 22.4. The molecule has 0 bridgehead atoms. The van der Waals surface area contributed by atoms with E-state index < -0.39 is 24.7 Å². The predicted molar refractivity (Wildman–Crippen MR) is 236 cm³/mol. The molecule has 3 nitrogen and oxygen atoms in total. The smallest absolute Gasteiger partial charge is 0.400 e. The number of benzene rings is 3. The van der Waals surface area contributed by atoms with Crippen molar-refractivity contribution in [1.29, 1.82) is 0 Å². The van der Waals surface area contributed by atoms with E-state index in [1.807, 2.05) is 40.0 Å². The van der Waals surface area contributed by atoms with E-state index in [9.17, 15) is 36.2 Å². The Hall–Kier alpha value is -3.27. The van der Waals surface area contributed by atoms with E-state index in [1.54, 1.807) is 11.3 Å². The predicted octanol–water partition coefficient (Wildman–Crippen LogP) is 16.3. The molecule has 6 rings (SSSR count). The fraction of sp³-hybridized carbons (Fsp3) is 0.520. The molecule has 3 aromatic carbocycles. The summed E-state index contributed by atoms with van der Waals surface area (Å²) in [5, 5.41) is 14.3. The number of rotatable bonds is 12. The van der Waals surface area contributed by atoms with E-state index in [0.717, 1.165) is 70.6 Å². The van der Waals surface area contributed by atoms with E-state index in [-0.39, 0.29) is 67.2 Å². The van der Waals surface area contributed by atoms with Crippen LogP contribution in [0.25, 0.3) is 42.2 Å². The molecule has 0 saturated heterocycles. The van der Waals surface area contributed by atoms with Gasteiger partial charge in [0.1, 0.15) is 0 Å². The second-order valence-corrected chi connectivity index (χ2v) is 18.6. The quantitative estimate of drug-likeness (QED) is 0.0586. The summed E-state index contributed by atoms with van der Waals surface area (Å²) in [5.41, 5.74) is 5.45. The number of aromatic nitrogens is 1. The molecular formula is C50H60F6IrNO2S-. The van der Waals surface area contributed by atoms with Crippen molar-refractivity contribution in [3.63, 3.8) is 0 Å². The van der Waals surface area contributed by atoms with Crippen molar-refractivity contribution in [2.75, 3.05) is 0 Å². The largest absolute Gasteiger partial charge is 0.512 e. The van der Waals surface area contributed by atoms with Crippen molar-refractivity contribution in [2.24, 2.45) is 23.7 Å². The zero-order valence-electron chi connectivity index (χ0n) is 36.5. The maximum absolute atomic E-state index is 13.0. The number of pyridine rings is 1. The Morgan fingerprint density at radius 3 is 2.00 bits per heavy atom. The summed E-state index contributed by atoms with van der Waals surface area (Å²) in [7, 11) is 0. The Labute approximate surface area is 375 Å². The molecular weight excluding hydrogens is 985 g/mol. The van der Waals surface area contributed by atoms with Crippen LogP contribution in [0.2, 0.25) is 0 Å². The zero-order valence-corrected chi connectivity index (χ0v) is 39.8. The number of thiophene rings is 1. The summed E-state index contributed by atoms with van der Waals surface area (Å²) in [6.45, 7) is 16.8. The van der Waals surface area contributed by atoms with Gasteiger partial charge in [-0.2, -0.15) is 26.3 Å². The number of aliphatic hydroxyl groups excluding tert-OH is 1. The number of carbonyl (C=O) groups is 1. The number of nitrogens with zero attached hydrogens (tertiary/aromatic N) is 1. The normalized spacial score (nSPS) is 16.7. The average Bonchev–Trinajstić information content (AvgIpc) is 3.58. The van der Waals surface area contributed by atoms with Crippen molar-refractivity contribution < 1.29 is 56.3 Å². The third-order valence-electron chi connectivity index (χ3n) is 12.7. The summed E-state index contributed by atoms with van der Waals surface area (Å²) in [4.78, 5) is 16.6. The molecule has 1 aliphatic rings. The molecule has 2 aromatic heterocycles. The third kappa shape index (κ3) is 11.9. The molecule has 0 amide bonds. The van der Waals surface area contributed by atoms with Crippen LogP contribution in [0.1, 0.15) is 135 Å². The number of carbonyl (C=O) groups excluding carboxylic acids is 1. The van der Waals surface area contributed by atoms with Gasteiger partial charge in [-0.3, -0.25) is 9.78 Å². The number of ketones is 1. The molecule has 2 heterocycles. The van der Waals surface area contributed by atoms with E-state index in [4.69, 9.17) is 4.98 Å². The minimum Gasteiger partial charge on any atom is -0.512 e. The summed E-state index contributed by atoms with van der Waals surface area (Å²) in [6, 6.07) is 20.6. The van der Waals surface area contributed by atoms with Gasteiger partial charge in [-0.25, -0.2) is 0 Å². The topological polar surface area (TPSA) is 50.2 Å². The maximum atomic E-state index is 13.0. The Kier molecular flexibility index (Phi) is 17.3. The van der Waals surface area contributed by atoms with Crippen molar-refractivity contribution in [3.05, 3.63) is 89.3 Å². The second kappa shape index (κ2) is 20.9. The van der Waals surface area contributed by atoms with Gasteiger partial charge >= 0.3 is 12.4 Å². The van der Waals surface area contributed by atoms with E-state index >= 15 is 0 Å². The molecule has 0 spiro atoms. The van der Waals surface area contributed by atoms with Crippen LogP contribution in [-0.2, 0) is 30.3 Å². The van der Waals surface area contributed by atoms with Crippen molar-refractivity contribution in [2.45, 2.75) is 143 Å². The Balaban J connectivity index is 0.000000439. The summed E-state index contributed by atoms with van der Waals surface area (Å²) >= 11 is 1.73. The maximum Gasteiger partial charge on any atom is 0.400 e. The van der Waals surface area contributed by atoms with E-state index in [2.05, 4.69) is 76.2 Å². The molecule has 335 valence electrons. The van der Waals surface area contributed by atoms with Crippen molar-refractivity contribution >= 4 is 48.1 Å². The number of hydrogen-bond acceptors (Lipinski definition) is 4. The summed E-state index contributed by atoms with van der Waals surface area (Å²) < 4.78 is 80.5. The van der Waals surface area contributed by atoms with Crippen molar-refractivity contribution in [3.8, 4) is 11.3 Å². The standard InChI is InChI=1S/C37H36F6NS.C13H24O2.Ir/c1-21-26(23-12-9-22(10-13-23)11-16-31(36(38,39)40)37(41,42)43)14-15-28-29-17-18-44-32(34(29)45-33(21)28)25-19-24-7-5-6-8-27(24)30(20-25)35(2,3)4;1-5-10(6-2)12(14)9-13(15)11(7-3)8-4;/h5-8,14-15,17-18,20,22-23,31H,9-13,16H2,1-4H3;9-11,14H,5-8H2,1-4H3;/q-1;;/b;12-9-;. The van der Waals surface area contributed by atoms with Gasteiger partial charge < -0.3 is 5.11 Å². The fourth-order valence-electron chi connectivity index (χ4n) is 8.99. The van der Waals surface area contributed by atoms with Gasteiger partial charge in [0.15, 0.2) is 11.7 Å². The fourth-order valence-corrected chi connectivity index (χ4v) is 10.3. The third-order valence-corrected chi connectivity index (χ3v) is 14.1. The van der Waals surface area contributed by atoms with Crippen LogP contribution in [0.5, 0.6) is 0 Å². The van der Waals surface area contributed by atoms with Crippen LogP contribution in [-0.4, -0.2) is 28.2 Å². The molecule has 0 atom stereocenters. The molecule has 11 heteroatoms. The molecule has 1 N–H and O–H groups in total. The minimum atomic E-state index is -5.26. The van der Waals surface area contributed by atoms with Crippen LogP contribution in [0, 0.1) is 36.7 Å². The summed E-state index contributed by atoms with van der Waals surface area (Å²) in [5.74, 6) is -2.58. The van der Waals surface area contributed by atoms with Gasteiger partial charge in [0.05, 0.1) is 5.76 Å². The van der Waals surface area contributed by atoms with Gasteiger partial charge in [-0.15, -0.1) is 40.5 Å². The first kappa shape index (κ1) is 50.4. The molecule has 5 aromatic rings. The zero-order chi connectivity index (χ0) is 44.2. The van der Waals surface area contributed by atoms with Gasteiger partial charge in [-0.1, -0.05) is 89.7 Å².